The number of fused-ring (bicyclic) bond motifs is 1. The van der Waals surface area contributed by atoms with Crippen LogP contribution in [0.2, 0.25) is 0 Å². The van der Waals surface area contributed by atoms with Crippen molar-refractivity contribution in [1.82, 2.24) is 15.3 Å². The van der Waals surface area contributed by atoms with Crippen molar-refractivity contribution in [3.05, 3.63) is 65.2 Å². The van der Waals surface area contributed by atoms with Crippen LogP contribution in [0.4, 0.5) is 23.4 Å². The zero-order valence-electron chi connectivity index (χ0n) is 15.5. The molecule has 4 N–H and O–H groups in total. The Labute approximate surface area is 168 Å². The first-order chi connectivity index (χ1) is 14.2. The van der Waals surface area contributed by atoms with Crippen molar-refractivity contribution in [2.24, 2.45) is 5.73 Å². The van der Waals surface area contributed by atoms with Gasteiger partial charge in [-0.15, -0.1) is 0 Å². The Morgan fingerprint density at radius 1 is 1.13 bits per heavy atom. The summed E-state index contributed by atoms with van der Waals surface area (Å²) in [6.45, 7) is 1.07. The van der Waals surface area contributed by atoms with E-state index in [0.717, 1.165) is 23.8 Å². The van der Waals surface area contributed by atoms with Crippen LogP contribution in [0, 0.1) is 5.82 Å². The van der Waals surface area contributed by atoms with Crippen molar-refractivity contribution in [2.45, 2.75) is 18.1 Å². The zero-order chi connectivity index (χ0) is 21.5. The van der Waals surface area contributed by atoms with Crippen LogP contribution >= 0.6 is 0 Å². The molecule has 2 atom stereocenters. The Hall–Kier alpha value is -3.27. The second-order valence-electron chi connectivity index (χ2n) is 7.07. The molecule has 0 saturated carbocycles. The number of nitrogens with one attached hydrogen (secondary N) is 2. The highest BCUT2D eigenvalue weighted by atomic mass is 19.4. The van der Waals surface area contributed by atoms with Gasteiger partial charge in [0, 0.05) is 30.4 Å². The van der Waals surface area contributed by atoms with E-state index in [1.54, 1.807) is 0 Å². The van der Waals surface area contributed by atoms with Crippen molar-refractivity contribution in [1.29, 1.82) is 0 Å². The molecule has 0 bridgehead atoms. The molecule has 6 nitrogen and oxygen atoms in total. The van der Waals surface area contributed by atoms with Gasteiger partial charge in [0.25, 0.3) is 5.91 Å². The average Bonchev–Trinajstić information content (AvgIpc) is 3.15. The number of halogens is 4. The summed E-state index contributed by atoms with van der Waals surface area (Å²) in [5.74, 6) is -1.29. The number of anilines is 1. The van der Waals surface area contributed by atoms with Gasteiger partial charge in [0.05, 0.1) is 16.6 Å². The number of amides is 1. The number of aromatic nitrogens is 2. The second-order valence-corrected chi connectivity index (χ2v) is 7.07. The third kappa shape index (κ3) is 3.78. The predicted molar refractivity (Wildman–Crippen MR) is 102 cm³/mol. The number of benzene rings is 2. The van der Waals surface area contributed by atoms with E-state index >= 15 is 0 Å². The first-order valence-corrected chi connectivity index (χ1v) is 9.12. The Morgan fingerprint density at radius 3 is 2.53 bits per heavy atom. The molecule has 1 saturated heterocycles. The zero-order valence-corrected chi connectivity index (χ0v) is 15.5. The lowest BCUT2D eigenvalue weighted by atomic mass is 9.93. The van der Waals surface area contributed by atoms with Crippen molar-refractivity contribution in [3.8, 4) is 0 Å². The highest BCUT2D eigenvalue weighted by Crippen LogP contribution is 2.33. The van der Waals surface area contributed by atoms with Crippen LogP contribution in [0.15, 0.2) is 42.7 Å². The standard InChI is InChI=1S/C20H17F4N5O/c21-12-5-13(18(25)30)17-14(6-12)19(28-9-27-17)29-16-8-26-7-15(16)10-1-3-11(4-2-10)20(22,23)24/h1-6,9,15-16,26H,7-8H2,(H2,25,30)(H,27,28,29)/t15-,16+/m1/s1. The summed E-state index contributed by atoms with van der Waals surface area (Å²) >= 11 is 0. The minimum Gasteiger partial charge on any atom is -0.366 e. The van der Waals surface area contributed by atoms with Crippen molar-refractivity contribution < 1.29 is 22.4 Å². The smallest absolute Gasteiger partial charge is 0.366 e. The Balaban J connectivity index is 1.65. The quantitative estimate of drug-likeness (QED) is 0.566. The molecule has 0 unspecified atom stereocenters. The Morgan fingerprint density at radius 2 is 1.87 bits per heavy atom. The largest absolute Gasteiger partial charge is 0.416 e. The number of nitrogens with two attached hydrogens (primary N) is 1. The van der Waals surface area contributed by atoms with Gasteiger partial charge < -0.3 is 16.4 Å². The van der Waals surface area contributed by atoms with Crippen LogP contribution in [0.3, 0.4) is 0 Å². The summed E-state index contributed by atoms with van der Waals surface area (Å²) < 4.78 is 52.5. The van der Waals surface area contributed by atoms with Crippen molar-refractivity contribution in [2.75, 3.05) is 18.4 Å². The number of hydrogen-bond acceptors (Lipinski definition) is 5. The maximum atomic E-state index is 14.0. The van der Waals surface area contributed by atoms with Crippen molar-refractivity contribution >= 4 is 22.6 Å². The fourth-order valence-corrected chi connectivity index (χ4v) is 3.71. The molecule has 1 fully saturated rings. The maximum absolute atomic E-state index is 14.0. The molecule has 2 aromatic carbocycles. The Bertz CT molecular complexity index is 1100. The normalized spacial score (nSPS) is 19.2. The summed E-state index contributed by atoms with van der Waals surface area (Å²) in [4.78, 5) is 19.9. The molecule has 1 aromatic heterocycles. The Kier molecular flexibility index (Phi) is 5.02. The van der Waals surface area contributed by atoms with Crippen LogP contribution in [0.25, 0.3) is 10.9 Å². The molecule has 4 rings (SSSR count). The fraction of sp³-hybridized carbons (Fsp3) is 0.250. The molecule has 0 aliphatic carbocycles. The predicted octanol–water partition coefficient (Wildman–Crippen LogP) is 3.05. The van der Waals surface area contributed by atoms with Crippen LogP contribution < -0.4 is 16.4 Å². The molecule has 2 heterocycles. The molecule has 3 aromatic rings. The monoisotopic (exact) mass is 419 g/mol. The first-order valence-electron chi connectivity index (χ1n) is 9.12. The number of primary amides is 1. The van der Waals surface area contributed by atoms with Crippen LogP contribution in [0.1, 0.15) is 27.4 Å². The van der Waals surface area contributed by atoms with Gasteiger partial charge in [-0.2, -0.15) is 13.2 Å². The number of nitrogens with zero attached hydrogens (tertiary/aromatic N) is 2. The summed E-state index contributed by atoms with van der Waals surface area (Å²) in [7, 11) is 0. The van der Waals surface area contributed by atoms with E-state index in [9.17, 15) is 22.4 Å². The van der Waals surface area contributed by atoms with E-state index in [1.807, 2.05) is 0 Å². The number of hydrogen-bond donors (Lipinski definition) is 3. The van der Waals surface area contributed by atoms with Gasteiger partial charge in [-0.3, -0.25) is 4.79 Å². The minimum absolute atomic E-state index is 0.0562. The highest BCUT2D eigenvalue weighted by molar-refractivity contribution is 6.07. The van der Waals surface area contributed by atoms with Crippen LogP contribution in [-0.2, 0) is 6.18 Å². The number of carbonyl (C=O) groups is 1. The van der Waals surface area contributed by atoms with E-state index < -0.39 is 23.5 Å². The van der Waals surface area contributed by atoms with Gasteiger partial charge in [0.2, 0.25) is 0 Å². The lowest BCUT2D eigenvalue weighted by Crippen LogP contribution is -2.28. The topological polar surface area (TPSA) is 92.9 Å². The number of rotatable bonds is 4. The molecule has 1 amide bonds. The van der Waals surface area contributed by atoms with Crippen LogP contribution in [-0.4, -0.2) is 35.0 Å². The molecule has 0 spiro atoms. The summed E-state index contributed by atoms with van der Waals surface area (Å²) in [6, 6.07) is 7.03. The average molecular weight is 419 g/mol. The van der Waals surface area contributed by atoms with Gasteiger partial charge in [-0.05, 0) is 29.8 Å². The molecular weight excluding hydrogens is 402 g/mol. The first kappa shape index (κ1) is 20.0. The maximum Gasteiger partial charge on any atom is 0.416 e. The molecule has 156 valence electrons. The molecule has 1 aliphatic heterocycles. The highest BCUT2D eigenvalue weighted by Gasteiger charge is 2.32. The van der Waals surface area contributed by atoms with E-state index in [2.05, 4.69) is 20.6 Å². The van der Waals surface area contributed by atoms with E-state index in [0.29, 0.717) is 24.3 Å². The van der Waals surface area contributed by atoms with Gasteiger partial charge in [-0.1, -0.05) is 12.1 Å². The third-order valence-corrected chi connectivity index (χ3v) is 5.17. The lowest BCUT2D eigenvalue weighted by Gasteiger charge is -2.22. The molecule has 10 heteroatoms. The molecule has 0 radical (unpaired) electrons. The second kappa shape index (κ2) is 7.52. The number of carbonyl (C=O) groups excluding carboxylic acids is 1. The van der Waals surface area contributed by atoms with Gasteiger partial charge in [0.1, 0.15) is 18.0 Å². The molecular formula is C20H17F4N5O. The molecule has 1 aliphatic rings. The minimum atomic E-state index is -4.40. The van der Waals surface area contributed by atoms with Gasteiger partial charge in [0.15, 0.2) is 0 Å². The van der Waals surface area contributed by atoms with Crippen molar-refractivity contribution in [3.63, 3.8) is 0 Å². The third-order valence-electron chi connectivity index (χ3n) is 5.17. The lowest BCUT2D eigenvalue weighted by molar-refractivity contribution is -0.137. The van der Waals surface area contributed by atoms with Gasteiger partial charge >= 0.3 is 6.18 Å². The SMILES string of the molecule is NC(=O)c1cc(F)cc2c(N[C@H]3CNC[C@@H]3c3ccc(C(F)(F)F)cc3)ncnc12. The number of alkyl halides is 3. The molecule has 30 heavy (non-hydrogen) atoms. The van der Waals surface area contributed by atoms with E-state index in [1.165, 1.54) is 24.5 Å². The van der Waals surface area contributed by atoms with Gasteiger partial charge in [-0.25, -0.2) is 14.4 Å². The van der Waals surface area contributed by atoms with Crippen LogP contribution in [0.5, 0.6) is 0 Å². The summed E-state index contributed by atoms with van der Waals surface area (Å²) in [6.07, 6.45) is -3.16. The fourth-order valence-electron chi connectivity index (χ4n) is 3.71. The summed E-state index contributed by atoms with van der Waals surface area (Å²) in [5.41, 5.74) is 5.51. The summed E-state index contributed by atoms with van der Waals surface area (Å²) in [5, 5.41) is 6.71. The van der Waals surface area contributed by atoms with E-state index in [4.69, 9.17) is 5.73 Å². The van der Waals surface area contributed by atoms with E-state index in [-0.39, 0.29) is 23.0 Å².